The van der Waals surface area contributed by atoms with Gasteiger partial charge in [-0.15, -0.1) is 0 Å². The highest BCUT2D eigenvalue weighted by Crippen LogP contribution is 2.43. The number of aldehydes is 1. The van der Waals surface area contributed by atoms with Gasteiger partial charge in [-0.1, -0.05) is 11.6 Å². The van der Waals surface area contributed by atoms with Crippen molar-refractivity contribution in [2.45, 2.75) is 18.8 Å². The van der Waals surface area contributed by atoms with Gasteiger partial charge in [-0.2, -0.15) is 0 Å². The molecule has 0 radical (unpaired) electrons. The van der Waals surface area contributed by atoms with Crippen molar-refractivity contribution in [1.29, 1.82) is 0 Å². The molecule has 5 heteroatoms. The Balaban J connectivity index is 0.000000148. The first-order valence-corrected chi connectivity index (χ1v) is 7.18. The molecule has 0 spiro atoms. The molecule has 1 saturated heterocycles. The zero-order chi connectivity index (χ0) is 13.8. The molecule has 1 aromatic heterocycles. The number of rotatable bonds is 2. The first-order chi connectivity index (χ1) is 9.10. The first kappa shape index (κ1) is 14.6. The average molecular weight is 284 g/mol. The molecule has 3 rings (SSSR count). The van der Waals surface area contributed by atoms with Crippen LogP contribution in [0.15, 0.2) is 6.07 Å². The number of nitrogens with one attached hydrogen (secondary N) is 1. The maximum atomic E-state index is 10.3. The van der Waals surface area contributed by atoms with Crippen molar-refractivity contribution in [3.05, 3.63) is 22.5 Å². The minimum Gasteiger partial charge on any atom is -0.343 e. The molecule has 106 valence electrons. The Morgan fingerprint density at radius 1 is 1.21 bits per heavy atom. The van der Waals surface area contributed by atoms with Crippen LogP contribution in [0.4, 0.5) is 0 Å². The van der Waals surface area contributed by atoms with Crippen molar-refractivity contribution >= 4 is 17.9 Å². The average Bonchev–Trinajstić information content (AvgIpc) is 3.17. The van der Waals surface area contributed by atoms with E-state index in [4.69, 9.17) is 11.6 Å². The fourth-order valence-corrected chi connectivity index (χ4v) is 2.45. The van der Waals surface area contributed by atoms with Gasteiger partial charge in [-0.05, 0) is 44.5 Å². The summed E-state index contributed by atoms with van der Waals surface area (Å²) in [5, 5.41) is 0.634. The van der Waals surface area contributed by atoms with E-state index in [0.717, 1.165) is 11.8 Å². The van der Waals surface area contributed by atoms with E-state index >= 15 is 0 Å². The molecule has 0 atom stereocenters. The smallest absolute Gasteiger partial charge is 0.166 e. The van der Waals surface area contributed by atoms with Crippen molar-refractivity contribution in [1.82, 2.24) is 14.8 Å². The van der Waals surface area contributed by atoms with Crippen molar-refractivity contribution in [2.24, 2.45) is 0 Å². The van der Waals surface area contributed by atoms with Crippen molar-refractivity contribution < 1.29 is 4.79 Å². The highest BCUT2D eigenvalue weighted by molar-refractivity contribution is 6.30. The van der Waals surface area contributed by atoms with Gasteiger partial charge in [0.1, 0.15) is 5.15 Å². The standard InChI is InChI=1S/C8H8ClNO.C6H14N2/c9-8-7(5-1-2-5)3-6(4-11)10-8;1-7-3-5-8(2)6-4-7/h3-5,10H,1-2H2;3-6H2,1-2H3. The molecule has 1 aliphatic heterocycles. The SMILES string of the molecule is CN1CCN(C)CC1.O=Cc1cc(C2CC2)c(Cl)[nH]1. The van der Waals surface area contributed by atoms with Gasteiger partial charge < -0.3 is 14.8 Å². The third-order valence-electron chi connectivity index (χ3n) is 3.69. The molecule has 0 bridgehead atoms. The Bertz CT molecular complexity index is 410. The van der Waals surface area contributed by atoms with E-state index in [2.05, 4.69) is 28.9 Å². The molecule has 0 aromatic carbocycles. The number of piperazine rings is 1. The van der Waals surface area contributed by atoms with Crippen molar-refractivity contribution in [3.8, 4) is 0 Å². The highest BCUT2D eigenvalue weighted by atomic mass is 35.5. The Morgan fingerprint density at radius 3 is 2.11 bits per heavy atom. The van der Waals surface area contributed by atoms with Gasteiger partial charge in [0.15, 0.2) is 6.29 Å². The number of likely N-dealkylation sites (N-methyl/N-ethyl adjacent to an activating group) is 2. The topological polar surface area (TPSA) is 39.3 Å². The molecule has 1 aliphatic carbocycles. The number of carbonyl (C=O) groups is 1. The minimum absolute atomic E-state index is 0.580. The van der Waals surface area contributed by atoms with Crippen molar-refractivity contribution in [2.75, 3.05) is 40.3 Å². The fourth-order valence-electron chi connectivity index (χ4n) is 2.13. The third-order valence-corrected chi connectivity index (χ3v) is 4.00. The lowest BCUT2D eigenvalue weighted by Gasteiger charge is -2.28. The first-order valence-electron chi connectivity index (χ1n) is 6.81. The maximum Gasteiger partial charge on any atom is 0.166 e. The van der Waals surface area contributed by atoms with Gasteiger partial charge in [-0.25, -0.2) is 0 Å². The highest BCUT2D eigenvalue weighted by Gasteiger charge is 2.27. The monoisotopic (exact) mass is 283 g/mol. The van der Waals surface area contributed by atoms with Crippen LogP contribution < -0.4 is 0 Å². The Labute approximate surface area is 119 Å². The lowest BCUT2D eigenvalue weighted by Crippen LogP contribution is -2.42. The van der Waals surface area contributed by atoms with Gasteiger partial charge in [-0.3, -0.25) is 4.79 Å². The maximum absolute atomic E-state index is 10.3. The summed E-state index contributed by atoms with van der Waals surface area (Å²) in [7, 11) is 4.35. The number of hydrogen-bond acceptors (Lipinski definition) is 3. The molecule has 0 unspecified atom stereocenters. The fraction of sp³-hybridized carbons (Fsp3) is 0.643. The molecule has 2 aliphatic rings. The summed E-state index contributed by atoms with van der Waals surface area (Å²) in [5.41, 5.74) is 1.69. The van der Waals surface area contributed by atoms with Gasteiger partial charge in [0.2, 0.25) is 0 Å². The molecule has 4 nitrogen and oxygen atoms in total. The number of hydrogen-bond donors (Lipinski definition) is 1. The summed E-state index contributed by atoms with van der Waals surface area (Å²) in [6.07, 6.45) is 3.20. The Morgan fingerprint density at radius 2 is 1.74 bits per heavy atom. The Hall–Kier alpha value is -0.840. The van der Waals surface area contributed by atoms with Crippen molar-refractivity contribution in [3.63, 3.8) is 0 Å². The lowest BCUT2D eigenvalue weighted by atomic mass is 10.2. The number of H-pyrrole nitrogens is 1. The molecule has 19 heavy (non-hydrogen) atoms. The van der Waals surface area contributed by atoms with Crippen LogP contribution in [0.3, 0.4) is 0 Å². The summed E-state index contributed by atoms with van der Waals surface area (Å²) >= 11 is 5.84. The minimum atomic E-state index is 0.580. The molecule has 2 fully saturated rings. The summed E-state index contributed by atoms with van der Waals surface area (Å²) in [6, 6.07) is 1.84. The predicted molar refractivity (Wildman–Crippen MR) is 78.2 cm³/mol. The van der Waals surface area contributed by atoms with Gasteiger partial charge in [0, 0.05) is 26.2 Å². The summed E-state index contributed by atoms with van der Waals surface area (Å²) in [4.78, 5) is 17.9. The summed E-state index contributed by atoms with van der Waals surface area (Å²) in [6.45, 7) is 4.93. The second kappa shape index (κ2) is 6.55. The molecular formula is C14H22ClN3O. The molecule has 1 aromatic rings. The normalized spacial score (nSPS) is 20.8. The number of aromatic nitrogens is 1. The van der Waals surface area contributed by atoms with Crippen LogP contribution in [0.5, 0.6) is 0 Å². The van der Waals surface area contributed by atoms with E-state index in [1.807, 2.05) is 6.07 Å². The van der Waals surface area contributed by atoms with Crippen LogP contribution in [0, 0.1) is 0 Å². The van der Waals surface area contributed by atoms with Crippen LogP contribution in [0.1, 0.15) is 34.8 Å². The van der Waals surface area contributed by atoms with Gasteiger partial charge >= 0.3 is 0 Å². The second-order valence-electron chi connectivity index (χ2n) is 5.49. The van der Waals surface area contributed by atoms with Gasteiger partial charge in [0.25, 0.3) is 0 Å². The second-order valence-corrected chi connectivity index (χ2v) is 5.87. The van der Waals surface area contributed by atoms with E-state index in [9.17, 15) is 4.79 Å². The van der Waals surface area contributed by atoms with E-state index in [0.29, 0.717) is 16.8 Å². The van der Waals surface area contributed by atoms with Crippen LogP contribution >= 0.6 is 11.6 Å². The largest absolute Gasteiger partial charge is 0.343 e. The predicted octanol–water partition coefficient (Wildman–Crippen LogP) is 2.22. The molecule has 0 amide bonds. The number of carbonyl (C=O) groups excluding carboxylic acids is 1. The molecule has 1 saturated carbocycles. The zero-order valence-electron chi connectivity index (χ0n) is 11.7. The van der Waals surface area contributed by atoms with Crippen LogP contribution in [-0.4, -0.2) is 61.3 Å². The van der Waals surface area contributed by atoms with Crippen LogP contribution in [0.25, 0.3) is 0 Å². The quantitative estimate of drug-likeness (QED) is 0.846. The van der Waals surface area contributed by atoms with Crippen LogP contribution in [0.2, 0.25) is 5.15 Å². The van der Waals surface area contributed by atoms with Crippen LogP contribution in [-0.2, 0) is 0 Å². The third kappa shape index (κ3) is 4.34. The molecule has 2 heterocycles. The summed E-state index contributed by atoms with van der Waals surface area (Å²) < 4.78 is 0. The number of nitrogens with zero attached hydrogens (tertiary/aromatic N) is 2. The van der Waals surface area contributed by atoms with E-state index in [1.54, 1.807) is 0 Å². The van der Waals surface area contributed by atoms with E-state index < -0.39 is 0 Å². The molecule has 1 N–H and O–H groups in total. The number of halogens is 1. The summed E-state index contributed by atoms with van der Waals surface area (Å²) in [5.74, 6) is 0.604. The lowest BCUT2D eigenvalue weighted by molar-refractivity contribution is 0.111. The molecular weight excluding hydrogens is 262 g/mol. The van der Waals surface area contributed by atoms with E-state index in [-0.39, 0.29) is 0 Å². The Kier molecular flexibility index (Phi) is 5.02. The van der Waals surface area contributed by atoms with E-state index in [1.165, 1.54) is 39.0 Å². The zero-order valence-corrected chi connectivity index (χ0v) is 12.4. The number of aromatic amines is 1. The van der Waals surface area contributed by atoms with Gasteiger partial charge in [0.05, 0.1) is 5.69 Å².